The van der Waals surface area contributed by atoms with Gasteiger partial charge in [-0.15, -0.1) is 0 Å². The van der Waals surface area contributed by atoms with Crippen LogP contribution in [0.5, 0.6) is 0 Å². The van der Waals surface area contributed by atoms with E-state index in [4.69, 9.17) is 0 Å². The predicted molar refractivity (Wildman–Crippen MR) is 97.5 cm³/mol. The van der Waals surface area contributed by atoms with Crippen LogP contribution in [-0.2, 0) is 9.59 Å². The van der Waals surface area contributed by atoms with Crippen molar-refractivity contribution < 1.29 is 9.59 Å². The Bertz CT molecular complexity index is 690. The van der Waals surface area contributed by atoms with Crippen LogP contribution in [-0.4, -0.2) is 48.9 Å². The zero-order chi connectivity index (χ0) is 17.6. The van der Waals surface area contributed by atoms with Crippen molar-refractivity contribution in [3.63, 3.8) is 0 Å². The molecule has 1 heterocycles. The summed E-state index contributed by atoms with van der Waals surface area (Å²) in [7, 11) is 0. The number of aryl methyl sites for hydroxylation is 1. The van der Waals surface area contributed by atoms with Gasteiger partial charge in [0.25, 0.3) is 0 Å². The average molecular weight is 341 g/mol. The number of hydrogen-bond donors (Lipinski definition) is 1. The lowest BCUT2D eigenvalue weighted by atomic mass is 10.1. The van der Waals surface area contributed by atoms with E-state index in [0.29, 0.717) is 6.04 Å². The van der Waals surface area contributed by atoms with Crippen molar-refractivity contribution in [3.05, 3.63) is 29.3 Å². The van der Waals surface area contributed by atoms with Crippen LogP contribution in [0.4, 0.5) is 5.69 Å². The van der Waals surface area contributed by atoms with Crippen LogP contribution in [0, 0.1) is 25.7 Å². The number of amides is 2. The number of piperazine rings is 1. The molecule has 5 nitrogen and oxygen atoms in total. The highest BCUT2D eigenvalue weighted by atomic mass is 16.2. The van der Waals surface area contributed by atoms with Gasteiger partial charge in [0.1, 0.15) is 0 Å². The van der Waals surface area contributed by atoms with E-state index in [2.05, 4.69) is 42.3 Å². The fourth-order valence-electron chi connectivity index (χ4n) is 3.77. The molecule has 1 aromatic carbocycles. The van der Waals surface area contributed by atoms with Gasteiger partial charge >= 0.3 is 0 Å². The molecular formula is C20H27N3O2. The first-order chi connectivity index (χ1) is 12.0. The molecule has 3 aliphatic rings. The molecule has 134 valence electrons. The lowest BCUT2D eigenvalue weighted by molar-refractivity contribution is -0.135. The van der Waals surface area contributed by atoms with Crippen LogP contribution in [0.25, 0.3) is 0 Å². The number of carbonyl (C=O) groups is 2. The molecule has 1 saturated heterocycles. The molecule has 2 aliphatic carbocycles. The van der Waals surface area contributed by atoms with Gasteiger partial charge in [-0.25, -0.2) is 0 Å². The van der Waals surface area contributed by atoms with Crippen molar-refractivity contribution in [1.29, 1.82) is 0 Å². The molecule has 0 aromatic heterocycles. The predicted octanol–water partition coefficient (Wildman–Crippen LogP) is 1.87. The Morgan fingerprint density at radius 3 is 2.44 bits per heavy atom. The SMILES string of the molecule is Cc1cccc(N2CCN(C(=O)C3CC3C(=O)NC3CC3)CC2)c1C. The fraction of sp³-hybridized carbons (Fsp3) is 0.600. The highest BCUT2D eigenvalue weighted by Gasteiger charge is 2.50. The molecule has 1 N–H and O–H groups in total. The summed E-state index contributed by atoms with van der Waals surface area (Å²) in [5.41, 5.74) is 3.90. The van der Waals surface area contributed by atoms with Gasteiger partial charge in [-0.2, -0.15) is 0 Å². The van der Waals surface area contributed by atoms with Gasteiger partial charge in [0.15, 0.2) is 0 Å². The van der Waals surface area contributed by atoms with Gasteiger partial charge < -0.3 is 15.1 Å². The molecule has 5 heteroatoms. The number of nitrogens with one attached hydrogen (secondary N) is 1. The van der Waals surface area contributed by atoms with Crippen molar-refractivity contribution >= 4 is 17.5 Å². The second-order valence-corrected chi connectivity index (χ2v) is 7.76. The highest BCUT2D eigenvalue weighted by Crippen LogP contribution is 2.41. The zero-order valence-electron chi connectivity index (χ0n) is 15.1. The van der Waals surface area contributed by atoms with E-state index in [1.54, 1.807) is 0 Å². The third kappa shape index (κ3) is 3.37. The summed E-state index contributed by atoms with van der Waals surface area (Å²) in [5.74, 6) is 0.114. The molecule has 25 heavy (non-hydrogen) atoms. The fourth-order valence-corrected chi connectivity index (χ4v) is 3.77. The van der Waals surface area contributed by atoms with Crippen LogP contribution in [0.1, 0.15) is 30.4 Å². The van der Waals surface area contributed by atoms with Crippen molar-refractivity contribution in [2.24, 2.45) is 11.8 Å². The smallest absolute Gasteiger partial charge is 0.226 e. The molecule has 0 bridgehead atoms. The molecule has 2 atom stereocenters. The van der Waals surface area contributed by atoms with Crippen molar-refractivity contribution in [1.82, 2.24) is 10.2 Å². The summed E-state index contributed by atoms with van der Waals surface area (Å²) in [4.78, 5) is 29.1. The first-order valence-electron chi connectivity index (χ1n) is 9.45. The van der Waals surface area contributed by atoms with E-state index in [9.17, 15) is 9.59 Å². The minimum atomic E-state index is -0.0786. The quantitative estimate of drug-likeness (QED) is 0.910. The molecule has 2 unspecified atom stereocenters. The van der Waals surface area contributed by atoms with Crippen LogP contribution in [0.15, 0.2) is 18.2 Å². The molecule has 2 saturated carbocycles. The zero-order valence-corrected chi connectivity index (χ0v) is 15.1. The van der Waals surface area contributed by atoms with Crippen LogP contribution >= 0.6 is 0 Å². The third-order valence-electron chi connectivity index (χ3n) is 5.88. The molecule has 3 fully saturated rings. The summed E-state index contributed by atoms with van der Waals surface area (Å²) < 4.78 is 0. The number of carbonyl (C=O) groups excluding carboxylic acids is 2. The Morgan fingerprint density at radius 2 is 1.76 bits per heavy atom. The van der Waals surface area contributed by atoms with Gasteiger partial charge in [-0.3, -0.25) is 9.59 Å². The molecule has 1 aliphatic heterocycles. The summed E-state index contributed by atoms with van der Waals surface area (Å²) in [6, 6.07) is 6.78. The number of nitrogens with zero attached hydrogens (tertiary/aromatic N) is 2. The van der Waals surface area contributed by atoms with Gasteiger partial charge in [0.2, 0.25) is 11.8 Å². The van der Waals surface area contributed by atoms with E-state index in [0.717, 1.165) is 45.4 Å². The maximum atomic E-state index is 12.7. The number of rotatable bonds is 4. The van der Waals surface area contributed by atoms with Crippen molar-refractivity contribution in [2.45, 2.75) is 39.2 Å². The van der Waals surface area contributed by atoms with Gasteiger partial charge in [-0.05, 0) is 50.3 Å². The van der Waals surface area contributed by atoms with E-state index in [1.165, 1.54) is 16.8 Å². The third-order valence-corrected chi connectivity index (χ3v) is 5.88. The van der Waals surface area contributed by atoms with Gasteiger partial charge in [0, 0.05) is 37.9 Å². The number of benzene rings is 1. The lowest BCUT2D eigenvalue weighted by Crippen LogP contribution is -2.49. The van der Waals surface area contributed by atoms with Gasteiger partial charge in [-0.1, -0.05) is 12.1 Å². The van der Waals surface area contributed by atoms with Crippen molar-refractivity contribution in [2.75, 3.05) is 31.1 Å². The van der Waals surface area contributed by atoms with Crippen molar-refractivity contribution in [3.8, 4) is 0 Å². The topological polar surface area (TPSA) is 52.7 Å². The standard InChI is InChI=1S/C20H27N3O2/c1-13-4-3-5-18(14(13)2)22-8-10-23(11-9-22)20(25)17-12-16(17)19(24)21-15-6-7-15/h3-5,15-17H,6-12H2,1-2H3,(H,21,24). The first kappa shape index (κ1) is 16.4. The lowest BCUT2D eigenvalue weighted by Gasteiger charge is -2.37. The molecule has 2 amide bonds. The highest BCUT2D eigenvalue weighted by molar-refractivity contribution is 5.92. The second-order valence-electron chi connectivity index (χ2n) is 7.76. The minimum absolute atomic E-state index is 0.0778. The van der Waals surface area contributed by atoms with E-state index in [1.807, 2.05) is 4.90 Å². The Labute approximate surface area is 149 Å². The summed E-state index contributed by atoms with van der Waals surface area (Å²) in [6.07, 6.45) is 2.92. The van der Waals surface area contributed by atoms with Crippen LogP contribution in [0.2, 0.25) is 0 Å². The molecule has 0 radical (unpaired) electrons. The largest absolute Gasteiger partial charge is 0.368 e. The van der Waals surface area contributed by atoms with E-state index < -0.39 is 0 Å². The average Bonchev–Trinajstić information content (AvgIpc) is 3.51. The normalized spacial score (nSPS) is 25.7. The molecule has 0 spiro atoms. The Balaban J connectivity index is 1.31. The molecule has 4 rings (SSSR count). The molecular weight excluding hydrogens is 314 g/mol. The van der Waals surface area contributed by atoms with Crippen LogP contribution < -0.4 is 10.2 Å². The van der Waals surface area contributed by atoms with Crippen LogP contribution in [0.3, 0.4) is 0 Å². The summed E-state index contributed by atoms with van der Waals surface area (Å²) in [5, 5.41) is 3.03. The molecule has 1 aromatic rings. The Kier molecular flexibility index (Phi) is 4.18. The Hall–Kier alpha value is -2.04. The first-order valence-corrected chi connectivity index (χ1v) is 9.45. The number of hydrogen-bond acceptors (Lipinski definition) is 3. The summed E-state index contributed by atoms with van der Waals surface area (Å²) in [6.45, 7) is 7.52. The maximum Gasteiger partial charge on any atom is 0.226 e. The van der Waals surface area contributed by atoms with E-state index >= 15 is 0 Å². The monoisotopic (exact) mass is 341 g/mol. The van der Waals surface area contributed by atoms with Gasteiger partial charge in [0.05, 0.1) is 11.8 Å². The second kappa shape index (κ2) is 6.36. The minimum Gasteiger partial charge on any atom is -0.368 e. The maximum absolute atomic E-state index is 12.7. The Morgan fingerprint density at radius 1 is 1.04 bits per heavy atom. The van der Waals surface area contributed by atoms with E-state index in [-0.39, 0.29) is 23.7 Å². The summed E-state index contributed by atoms with van der Waals surface area (Å²) >= 11 is 0. The number of anilines is 1.